The van der Waals surface area contributed by atoms with Crippen molar-refractivity contribution >= 4 is 11.6 Å². The van der Waals surface area contributed by atoms with Crippen LogP contribution in [0.5, 0.6) is 0 Å². The topological polar surface area (TPSA) is 35.8 Å². The first-order valence-electron chi connectivity index (χ1n) is 5.28. The van der Waals surface area contributed by atoms with Crippen LogP contribution in [0.4, 0.5) is 4.39 Å². The molecule has 1 aromatic rings. The first-order chi connectivity index (χ1) is 7.69. The molecule has 84 valence electrons. The molecule has 4 heteroatoms. The molecule has 1 saturated carbocycles. The minimum Gasteiger partial charge on any atom is -0.298 e. The van der Waals surface area contributed by atoms with Crippen molar-refractivity contribution in [1.82, 2.24) is 5.32 Å². The first kappa shape index (κ1) is 11.4. The molecule has 0 saturated heterocycles. The lowest BCUT2D eigenvalue weighted by Crippen LogP contribution is -2.22. The van der Waals surface area contributed by atoms with Gasteiger partial charge in [-0.05, 0) is 49.1 Å². The molecule has 1 aliphatic carbocycles. The van der Waals surface area contributed by atoms with Crippen LogP contribution in [0.3, 0.4) is 0 Å². The van der Waals surface area contributed by atoms with Gasteiger partial charge < -0.3 is 0 Å². The predicted molar refractivity (Wildman–Crippen MR) is 60.5 cm³/mol. The molecule has 0 amide bonds. The number of nitriles is 1. The average molecular weight is 239 g/mol. The molecule has 1 unspecified atom stereocenters. The summed E-state index contributed by atoms with van der Waals surface area (Å²) in [6, 6.07) is 5.85. The Labute approximate surface area is 99.0 Å². The molecule has 0 radical (unpaired) electrons. The van der Waals surface area contributed by atoms with Gasteiger partial charge in [0.05, 0.1) is 6.07 Å². The van der Waals surface area contributed by atoms with Gasteiger partial charge in [0.1, 0.15) is 11.9 Å². The summed E-state index contributed by atoms with van der Waals surface area (Å²) in [4.78, 5) is 0. The van der Waals surface area contributed by atoms with Crippen LogP contribution < -0.4 is 5.32 Å². The third kappa shape index (κ3) is 2.94. The van der Waals surface area contributed by atoms with E-state index in [1.807, 2.05) is 0 Å². The summed E-state index contributed by atoms with van der Waals surface area (Å²) < 4.78 is 13.1. The molecule has 1 atom stereocenters. The summed E-state index contributed by atoms with van der Waals surface area (Å²) in [7, 11) is 0. The Morgan fingerprint density at radius 1 is 1.50 bits per heavy atom. The number of nitrogens with one attached hydrogen (secondary N) is 1. The maximum atomic E-state index is 13.1. The van der Waals surface area contributed by atoms with E-state index in [0.717, 1.165) is 6.54 Å². The highest BCUT2D eigenvalue weighted by atomic mass is 35.5. The van der Waals surface area contributed by atoms with Crippen molar-refractivity contribution in [2.45, 2.75) is 18.9 Å². The van der Waals surface area contributed by atoms with Crippen LogP contribution in [0, 0.1) is 23.1 Å². The molecule has 1 aliphatic rings. The molecule has 16 heavy (non-hydrogen) atoms. The summed E-state index contributed by atoms with van der Waals surface area (Å²) >= 11 is 5.75. The fourth-order valence-electron chi connectivity index (χ4n) is 1.59. The van der Waals surface area contributed by atoms with E-state index in [2.05, 4.69) is 11.4 Å². The Kier molecular flexibility index (Phi) is 3.42. The fraction of sp³-hybridized carbons (Fsp3) is 0.417. The zero-order valence-corrected chi connectivity index (χ0v) is 9.47. The number of hydrogen-bond acceptors (Lipinski definition) is 2. The lowest BCUT2D eigenvalue weighted by molar-refractivity contribution is 0.583. The van der Waals surface area contributed by atoms with Crippen LogP contribution in [-0.4, -0.2) is 6.54 Å². The largest absolute Gasteiger partial charge is 0.298 e. The van der Waals surface area contributed by atoms with Gasteiger partial charge in [-0.25, -0.2) is 4.39 Å². The minimum atomic E-state index is -0.478. The molecule has 0 bridgehead atoms. The van der Waals surface area contributed by atoms with Gasteiger partial charge in [0.15, 0.2) is 0 Å². The Morgan fingerprint density at radius 3 is 2.81 bits per heavy atom. The van der Waals surface area contributed by atoms with Gasteiger partial charge in [0, 0.05) is 5.02 Å². The SMILES string of the molecule is N#CC(NCC1CC1)c1cc(F)cc(Cl)c1. The number of benzene rings is 1. The third-order valence-electron chi connectivity index (χ3n) is 2.65. The molecular weight excluding hydrogens is 227 g/mol. The molecule has 0 heterocycles. The average Bonchev–Trinajstić information content (AvgIpc) is 3.01. The van der Waals surface area contributed by atoms with Crippen molar-refractivity contribution < 1.29 is 4.39 Å². The highest BCUT2D eigenvalue weighted by Gasteiger charge is 2.22. The maximum Gasteiger partial charge on any atom is 0.125 e. The summed E-state index contributed by atoms with van der Waals surface area (Å²) in [5.74, 6) is 0.274. The van der Waals surface area contributed by atoms with E-state index in [-0.39, 0.29) is 0 Å². The van der Waals surface area contributed by atoms with Crippen LogP contribution in [-0.2, 0) is 0 Å². The first-order valence-corrected chi connectivity index (χ1v) is 5.66. The minimum absolute atomic E-state index is 0.323. The van der Waals surface area contributed by atoms with E-state index < -0.39 is 11.9 Å². The zero-order chi connectivity index (χ0) is 11.5. The monoisotopic (exact) mass is 238 g/mol. The molecule has 2 rings (SSSR count). The lowest BCUT2D eigenvalue weighted by atomic mass is 10.1. The summed E-state index contributed by atoms with van der Waals surface area (Å²) in [6.07, 6.45) is 2.43. The van der Waals surface area contributed by atoms with E-state index >= 15 is 0 Å². The molecular formula is C12H12ClFN2. The summed E-state index contributed by atoms with van der Waals surface area (Å²) in [5.41, 5.74) is 0.591. The number of hydrogen-bond donors (Lipinski definition) is 1. The molecule has 1 N–H and O–H groups in total. The van der Waals surface area contributed by atoms with Crippen molar-refractivity contribution in [3.8, 4) is 6.07 Å². The van der Waals surface area contributed by atoms with Gasteiger partial charge >= 0.3 is 0 Å². The second-order valence-corrected chi connectivity index (χ2v) is 4.55. The van der Waals surface area contributed by atoms with Gasteiger partial charge in [-0.15, -0.1) is 0 Å². The van der Waals surface area contributed by atoms with Gasteiger partial charge in [-0.3, -0.25) is 5.32 Å². The van der Waals surface area contributed by atoms with Crippen LogP contribution in [0.15, 0.2) is 18.2 Å². The summed E-state index contributed by atoms with van der Waals surface area (Å²) in [5, 5.41) is 12.5. The van der Waals surface area contributed by atoms with Gasteiger partial charge in [0.2, 0.25) is 0 Å². The van der Waals surface area contributed by atoms with Crippen LogP contribution in [0.25, 0.3) is 0 Å². The molecule has 1 aromatic carbocycles. The fourth-order valence-corrected chi connectivity index (χ4v) is 1.82. The Morgan fingerprint density at radius 2 is 2.25 bits per heavy atom. The van der Waals surface area contributed by atoms with Crippen molar-refractivity contribution in [2.24, 2.45) is 5.92 Å². The third-order valence-corrected chi connectivity index (χ3v) is 2.87. The van der Waals surface area contributed by atoms with Gasteiger partial charge in [-0.1, -0.05) is 11.6 Å². The second-order valence-electron chi connectivity index (χ2n) is 4.12. The van der Waals surface area contributed by atoms with Gasteiger partial charge in [-0.2, -0.15) is 5.26 Å². The van der Waals surface area contributed by atoms with E-state index in [9.17, 15) is 4.39 Å². The summed E-state index contributed by atoms with van der Waals surface area (Å²) in [6.45, 7) is 0.812. The van der Waals surface area contributed by atoms with E-state index in [1.165, 1.54) is 25.0 Å². The van der Waals surface area contributed by atoms with Gasteiger partial charge in [0.25, 0.3) is 0 Å². The highest BCUT2D eigenvalue weighted by molar-refractivity contribution is 6.30. The number of nitrogens with zero attached hydrogens (tertiary/aromatic N) is 1. The van der Waals surface area contributed by atoms with Crippen LogP contribution in [0.1, 0.15) is 24.4 Å². The van der Waals surface area contributed by atoms with E-state index in [4.69, 9.17) is 16.9 Å². The number of rotatable bonds is 4. The van der Waals surface area contributed by atoms with Crippen molar-refractivity contribution in [2.75, 3.05) is 6.54 Å². The van der Waals surface area contributed by atoms with E-state index in [1.54, 1.807) is 6.07 Å². The van der Waals surface area contributed by atoms with Crippen molar-refractivity contribution in [3.63, 3.8) is 0 Å². The second kappa shape index (κ2) is 4.82. The molecule has 2 nitrogen and oxygen atoms in total. The smallest absolute Gasteiger partial charge is 0.125 e. The predicted octanol–water partition coefficient (Wildman–Crippen LogP) is 3.04. The Balaban J connectivity index is 2.08. The Hall–Kier alpha value is -1.11. The molecule has 0 aromatic heterocycles. The molecule has 1 fully saturated rings. The maximum absolute atomic E-state index is 13.1. The Bertz CT molecular complexity index is 403. The van der Waals surface area contributed by atoms with Crippen molar-refractivity contribution in [3.05, 3.63) is 34.6 Å². The highest BCUT2D eigenvalue weighted by Crippen LogP contribution is 2.29. The standard InChI is InChI=1S/C12H12ClFN2/c13-10-3-9(4-11(14)5-10)12(6-15)16-7-8-1-2-8/h3-5,8,12,16H,1-2,7H2. The van der Waals surface area contributed by atoms with Crippen LogP contribution in [0.2, 0.25) is 5.02 Å². The van der Waals surface area contributed by atoms with E-state index in [0.29, 0.717) is 16.5 Å². The number of halogens is 2. The van der Waals surface area contributed by atoms with Crippen LogP contribution >= 0.6 is 11.6 Å². The normalized spacial score (nSPS) is 16.8. The molecule has 0 spiro atoms. The zero-order valence-electron chi connectivity index (χ0n) is 8.71. The quantitative estimate of drug-likeness (QED) is 0.875. The lowest BCUT2D eigenvalue weighted by Gasteiger charge is -2.11. The molecule has 0 aliphatic heterocycles. The van der Waals surface area contributed by atoms with Crippen molar-refractivity contribution in [1.29, 1.82) is 5.26 Å².